The maximum atomic E-state index is 13.2. The van der Waals surface area contributed by atoms with Crippen LogP contribution in [0.3, 0.4) is 0 Å². The Morgan fingerprint density at radius 3 is 2.59 bits per heavy atom. The number of hydrogen-bond acceptors (Lipinski definition) is 2. The van der Waals surface area contributed by atoms with Crippen molar-refractivity contribution < 1.29 is 4.39 Å². The van der Waals surface area contributed by atoms with Gasteiger partial charge in [-0.2, -0.15) is 0 Å². The lowest BCUT2D eigenvalue weighted by Gasteiger charge is -2.18. The minimum Gasteiger partial charge on any atom is -0.307 e. The van der Waals surface area contributed by atoms with E-state index in [0.717, 1.165) is 17.7 Å². The third-order valence-electron chi connectivity index (χ3n) is 2.63. The average Bonchev–Trinajstić information content (AvgIpc) is 2.37. The topological polar surface area (TPSA) is 24.9 Å². The molecule has 88 valence electrons. The molecule has 1 aromatic carbocycles. The average molecular weight is 230 g/mol. The van der Waals surface area contributed by atoms with Crippen molar-refractivity contribution in [1.29, 1.82) is 0 Å². The van der Waals surface area contributed by atoms with Crippen molar-refractivity contribution in [3.63, 3.8) is 0 Å². The molecule has 0 aliphatic heterocycles. The fourth-order valence-corrected chi connectivity index (χ4v) is 1.87. The summed E-state index contributed by atoms with van der Waals surface area (Å²) >= 11 is 0. The van der Waals surface area contributed by atoms with Crippen molar-refractivity contribution in [2.24, 2.45) is 0 Å². The van der Waals surface area contributed by atoms with Gasteiger partial charge >= 0.3 is 0 Å². The Labute approximate surface area is 101 Å². The summed E-state index contributed by atoms with van der Waals surface area (Å²) < 4.78 is 13.2. The lowest BCUT2D eigenvalue weighted by atomic mass is 9.99. The molecule has 1 N–H and O–H groups in total. The second-order valence-electron chi connectivity index (χ2n) is 3.83. The zero-order valence-corrected chi connectivity index (χ0v) is 9.73. The SMILES string of the molecule is CCNC(c1ccncc1)c1cccc(F)c1. The number of rotatable bonds is 4. The molecule has 1 atom stereocenters. The van der Waals surface area contributed by atoms with Crippen LogP contribution in [-0.4, -0.2) is 11.5 Å². The van der Waals surface area contributed by atoms with E-state index in [0.29, 0.717) is 0 Å². The summed E-state index contributed by atoms with van der Waals surface area (Å²) in [6.45, 7) is 2.86. The molecule has 1 heterocycles. The molecular formula is C14H15FN2. The van der Waals surface area contributed by atoms with Crippen LogP contribution >= 0.6 is 0 Å². The zero-order valence-electron chi connectivity index (χ0n) is 9.73. The second kappa shape index (κ2) is 5.55. The highest BCUT2D eigenvalue weighted by atomic mass is 19.1. The summed E-state index contributed by atoms with van der Waals surface area (Å²) in [5, 5.41) is 3.35. The van der Waals surface area contributed by atoms with E-state index in [4.69, 9.17) is 0 Å². The van der Waals surface area contributed by atoms with Crippen LogP contribution in [0, 0.1) is 5.82 Å². The first-order valence-electron chi connectivity index (χ1n) is 5.70. The largest absolute Gasteiger partial charge is 0.307 e. The normalized spacial score (nSPS) is 12.4. The van der Waals surface area contributed by atoms with Gasteiger partial charge in [0.15, 0.2) is 0 Å². The van der Waals surface area contributed by atoms with E-state index in [1.54, 1.807) is 24.5 Å². The zero-order chi connectivity index (χ0) is 12.1. The highest BCUT2D eigenvalue weighted by Gasteiger charge is 2.12. The van der Waals surface area contributed by atoms with Crippen molar-refractivity contribution in [2.45, 2.75) is 13.0 Å². The first-order chi connectivity index (χ1) is 8.31. The van der Waals surface area contributed by atoms with Crippen LogP contribution < -0.4 is 5.32 Å². The summed E-state index contributed by atoms with van der Waals surface area (Å²) in [6, 6.07) is 10.6. The van der Waals surface area contributed by atoms with E-state index in [1.807, 2.05) is 25.1 Å². The van der Waals surface area contributed by atoms with Gasteiger partial charge in [-0.3, -0.25) is 4.98 Å². The lowest BCUT2D eigenvalue weighted by molar-refractivity contribution is 0.603. The molecule has 2 rings (SSSR count). The summed E-state index contributed by atoms with van der Waals surface area (Å²) in [6.07, 6.45) is 3.50. The molecule has 0 fully saturated rings. The standard InChI is InChI=1S/C14H15FN2/c1-2-17-14(11-6-8-16-9-7-11)12-4-3-5-13(15)10-12/h3-10,14,17H,2H2,1H3. The van der Waals surface area contributed by atoms with Gasteiger partial charge in [0.1, 0.15) is 5.82 Å². The van der Waals surface area contributed by atoms with Crippen LogP contribution in [0.1, 0.15) is 24.1 Å². The minimum absolute atomic E-state index is 0.0127. The molecule has 0 bridgehead atoms. The molecule has 3 heteroatoms. The van der Waals surface area contributed by atoms with Crippen molar-refractivity contribution in [3.8, 4) is 0 Å². The number of benzene rings is 1. The van der Waals surface area contributed by atoms with E-state index in [1.165, 1.54) is 6.07 Å². The third-order valence-corrected chi connectivity index (χ3v) is 2.63. The van der Waals surface area contributed by atoms with Gasteiger partial charge in [-0.05, 0) is 41.9 Å². The van der Waals surface area contributed by atoms with Crippen LogP contribution in [0.2, 0.25) is 0 Å². The summed E-state index contributed by atoms with van der Waals surface area (Å²) in [4.78, 5) is 4.00. The Morgan fingerprint density at radius 2 is 1.94 bits per heavy atom. The molecule has 1 unspecified atom stereocenters. The summed E-state index contributed by atoms with van der Waals surface area (Å²) in [7, 11) is 0. The Bertz CT molecular complexity index is 471. The predicted octanol–water partition coefficient (Wildman–Crippen LogP) is 2.92. The Morgan fingerprint density at radius 1 is 1.18 bits per heavy atom. The van der Waals surface area contributed by atoms with Crippen LogP contribution in [0.25, 0.3) is 0 Å². The van der Waals surface area contributed by atoms with Gasteiger partial charge in [-0.15, -0.1) is 0 Å². The van der Waals surface area contributed by atoms with Crippen LogP contribution in [0.15, 0.2) is 48.8 Å². The smallest absolute Gasteiger partial charge is 0.123 e. The molecular weight excluding hydrogens is 215 g/mol. The molecule has 2 aromatic rings. The molecule has 0 radical (unpaired) electrons. The molecule has 0 aliphatic carbocycles. The fourth-order valence-electron chi connectivity index (χ4n) is 1.87. The predicted molar refractivity (Wildman–Crippen MR) is 66.2 cm³/mol. The quantitative estimate of drug-likeness (QED) is 0.873. The number of halogens is 1. The van der Waals surface area contributed by atoms with Gasteiger partial charge in [-0.1, -0.05) is 19.1 Å². The lowest BCUT2D eigenvalue weighted by Crippen LogP contribution is -2.22. The van der Waals surface area contributed by atoms with E-state index < -0.39 is 0 Å². The Kier molecular flexibility index (Phi) is 3.83. The minimum atomic E-state index is -0.209. The number of nitrogens with zero attached hydrogens (tertiary/aromatic N) is 1. The number of aromatic nitrogens is 1. The van der Waals surface area contributed by atoms with Crippen molar-refractivity contribution in [3.05, 3.63) is 65.7 Å². The van der Waals surface area contributed by atoms with Crippen LogP contribution in [0.4, 0.5) is 4.39 Å². The summed E-state index contributed by atoms with van der Waals surface area (Å²) in [5.74, 6) is -0.209. The van der Waals surface area contributed by atoms with Gasteiger partial charge in [0.2, 0.25) is 0 Å². The van der Waals surface area contributed by atoms with E-state index >= 15 is 0 Å². The maximum absolute atomic E-state index is 13.2. The molecule has 0 saturated heterocycles. The number of nitrogens with one attached hydrogen (secondary N) is 1. The first-order valence-corrected chi connectivity index (χ1v) is 5.70. The highest BCUT2D eigenvalue weighted by molar-refractivity contribution is 5.30. The first kappa shape index (κ1) is 11.7. The van der Waals surface area contributed by atoms with E-state index in [-0.39, 0.29) is 11.9 Å². The van der Waals surface area contributed by atoms with Crippen molar-refractivity contribution >= 4 is 0 Å². The fraction of sp³-hybridized carbons (Fsp3) is 0.214. The molecule has 1 aromatic heterocycles. The molecule has 0 aliphatic rings. The number of pyridine rings is 1. The molecule has 2 nitrogen and oxygen atoms in total. The van der Waals surface area contributed by atoms with Gasteiger partial charge in [-0.25, -0.2) is 4.39 Å². The monoisotopic (exact) mass is 230 g/mol. The van der Waals surface area contributed by atoms with Gasteiger partial charge in [0, 0.05) is 12.4 Å². The molecule has 0 saturated carbocycles. The van der Waals surface area contributed by atoms with Gasteiger partial charge in [0.25, 0.3) is 0 Å². The number of hydrogen-bond donors (Lipinski definition) is 1. The second-order valence-corrected chi connectivity index (χ2v) is 3.83. The van der Waals surface area contributed by atoms with Crippen LogP contribution in [-0.2, 0) is 0 Å². The molecule has 17 heavy (non-hydrogen) atoms. The van der Waals surface area contributed by atoms with Gasteiger partial charge in [0.05, 0.1) is 6.04 Å². The Balaban J connectivity index is 2.35. The maximum Gasteiger partial charge on any atom is 0.123 e. The van der Waals surface area contributed by atoms with Crippen molar-refractivity contribution in [2.75, 3.05) is 6.54 Å². The molecule has 0 spiro atoms. The Hall–Kier alpha value is -1.74. The van der Waals surface area contributed by atoms with Gasteiger partial charge < -0.3 is 5.32 Å². The van der Waals surface area contributed by atoms with Crippen LogP contribution in [0.5, 0.6) is 0 Å². The summed E-state index contributed by atoms with van der Waals surface area (Å²) in [5.41, 5.74) is 2.02. The third kappa shape index (κ3) is 2.88. The van der Waals surface area contributed by atoms with Crippen molar-refractivity contribution in [1.82, 2.24) is 10.3 Å². The molecule has 0 amide bonds. The van der Waals surface area contributed by atoms with E-state index in [9.17, 15) is 4.39 Å². The van der Waals surface area contributed by atoms with E-state index in [2.05, 4.69) is 10.3 Å². The highest BCUT2D eigenvalue weighted by Crippen LogP contribution is 2.21.